The van der Waals surface area contributed by atoms with Gasteiger partial charge in [0.2, 0.25) is 0 Å². The number of nitrogens with one attached hydrogen (secondary N) is 1. The van der Waals surface area contributed by atoms with E-state index >= 15 is 0 Å². The number of benzene rings is 1. The minimum atomic E-state index is -0.248. The normalized spacial score (nSPS) is 12.6. The van der Waals surface area contributed by atoms with Crippen LogP contribution in [-0.2, 0) is 6.42 Å². The molecule has 1 N–H and O–H groups in total. The maximum absolute atomic E-state index is 13.9. The van der Waals surface area contributed by atoms with Gasteiger partial charge in [0.1, 0.15) is 5.82 Å². The van der Waals surface area contributed by atoms with Gasteiger partial charge in [-0.15, -0.1) is 0 Å². The Morgan fingerprint density at radius 3 is 2.43 bits per heavy atom. The average Bonchev–Trinajstić information content (AvgIpc) is 2.48. The summed E-state index contributed by atoms with van der Waals surface area (Å²) in [6.07, 6.45) is 3.69. The molecular formula is C18H23FN2. The Morgan fingerprint density at radius 2 is 1.86 bits per heavy atom. The second-order valence-electron chi connectivity index (χ2n) is 5.61. The van der Waals surface area contributed by atoms with Crippen LogP contribution in [0.25, 0.3) is 0 Å². The van der Waals surface area contributed by atoms with Crippen LogP contribution in [0.2, 0.25) is 0 Å². The molecule has 1 unspecified atom stereocenters. The summed E-state index contributed by atoms with van der Waals surface area (Å²) in [7, 11) is 0. The van der Waals surface area contributed by atoms with Crippen molar-refractivity contribution in [2.45, 2.75) is 39.2 Å². The van der Waals surface area contributed by atoms with Crippen molar-refractivity contribution in [2.75, 3.05) is 6.54 Å². The second-order valence-corrected chi connectivity index (χ2v) is 5.61. The van der Waals surface area contributed by atoms with Crippen LogP contribution in [0.3, 0.4) is 0 Å². The summed E-state index contributed by atoms with van der Waals surface area (Å²) < 4.78 is 13.9. The molecule has 2 aromatic rings. The minimum Gasteiger partial charge on any atom is -0.310 e. The van der Waals surface area contributed by atoms with Gasteiger partial charge in [0, 0.05) is 17.8 Å². The van der Waals surface area contributed by atoms with Crippen LogP contribution in [0.5, 0.6) is 0 Å². The summed E-state index contributed by atoms with van der Waals surface area (Å²) in [5.74, 6) is 0.281. The highest BCUT2D eigenvalue weighted by Crippen LogP contribution is 2.22. The molecule has 2 nitrogen and oxygen atoms in total. The number of nitrogens with zero attached hydrogens (tertiary/aromatic N) is 1. The van der Waals surface area contributed by atoms with Gasteiger partial charge in [-0.25, -0.2) is 4.39 Å². The third-order valence-electron chi connectivity index (χ3n) is 3.72. The number of pyridine rings is 1. The average molecular weight is 286 g/mol. The molecule has 1 aromatic carbocycles. The molecule has 0 aliphatic carbocycles. The molecule has 112 valence electrons. The molecule has 21 heavy (non-hydrogen) atoms. The predicted octanol–water partition coefficient (Wildman–Crippen LogP) is 4.24. The van der Waals surface area contributed by atoms with E-state index in [1.165, 1.54) is 17.3 Å². The molecule has 0 saturated carbocycles. The summed E-state index contributed by atoms with van der Waals surface area (Å²) in [6, 6.07) is 10.3. The van der Waals surface area contributed by atoms with Crippen LogP contribution >= 0.6 is 0 Å². The Hall–Kier alpha value is -1.74. The molecule has 0 fully saturated rings. The predicted molar refractivity (Wildman–Crippen MR) is 84.8 cm³/mol. The fourth-order valence-electron chi connectivity index (χ4n) is 2.48. The van der Waals surface area contributed by atoms with E-state index in [9.17, 15) is 4.39 Å². The number of rotatable bonds is 6. The first-order chi connectivity index (χ1) is 10.1. The van der Waals surface area contributed by atoms with Crippen molar-refractivity contribution >= 4 is 0 Å². The largest absolute Gasteiger partial charge is 0.310 e. The summed E-state index contributed by atoms with van der Waals surface area (Å²) >= 11 is 0. The Labute approximate surface area is 126 Å². The van der Waals surface area contributed by atoms with Gasteiger partial charge in [-0.1, -0.05) is 45.0 Å². The molecule has 0 radical (unpaired) electrons. The molecule has 0 spiro atoms. The summed E-state index contributed by atoms with van der Waals surface area (Å²) in [5, 5.41) is 3.36. The molecule has 2 rings (SSSR count). The van der Waals surface area contributed by atoms with Crippen LogP contribution in [0.4, 0.5) is 4.39 Å². The van der Waals surface area contributed by atoms with Gasteiger partial charge in [-0.2, -0.15) is 0 Å². The number of halogens is 1. The van der Waals surface area contributed by atoms with Crippen molar-refractivity contribution in [2.24, 2.45) is 0 Å². The third kappa shape index (κ3) is 4.11. The monoisotopic (exact) mass is 286 g/mol. The lowest BCUT2D eigenvalue weighted by Gasteiger charge is -2.19. The molecule has 1 heterocycles. The van der Waals surface area contributed by atoms with Crippen LogP contribution in [0.15, 0.2) is 42.7 Å². The van der Waals surface area contributed by atoms with E-state index in [1.807, 2.05) is 6.92 Å². The smallest absolute Gasteiger partial charge is 0.146 e. The molecule has 1 atom stereocenters. The lowest BCUT2D eigenvalue weighted by Crippen LogP contribution is -2.24. The molecule has 0 aliphatic heterocycles. The first-order valence-electron chi connectivity index (χ1n) is 7.53. The number of aromatic nitrogens is 1. The fraction of sp³-hybridized carbons (Fsp3) is 0.389. The third-order valence-corrected chi connectivity index (χ3v) is 3.72. The number of hydrogen-bond acceptors (Lipinski definition) is 2. The Bertz CT molecular complexity index is 564. The molecule has 1 aromatic heterocycles. The van der Waals surface area contributed by atoms with Crippen molar-refractivity contribution in [1.82, 2.24) is 10.3 Å². The minimum absolute atomic E-state index is 0.0251. The van der Waals surface area contributed by atoms with Crippen LogP contribution in [-0.4, -0.2) is 11.5 Å². The van der Waals surface area contributed by atoms with Crippen molar-refractivity contribution in [3.8, 4) is 0 Å². The second kappa shape index (κ2) is 7.32. The van der Waals surface area contributed by atoms with Gasteiger partial charge in [-0.3, -0.25) is 4.98 Å². The van der Waals surface area contributed by atoms with Crippen LogP contribution in [0, 0.1) is 5.82 Å². The van der Waals surface area contributed by atoms with Gasteiger partial charge in [0.25, 0.3) is 0 Å². The lowest BCUT2D eigenvalue weighted by molar-refractivity contribution is 0.507. The first-order valence-corrected chi connectivity index (χ1v) is 7.53. The lowest BCUT2D eigenvalue weighted by atomic mass is 9.96. The SMILES string of the molecule is CCNC(Cc1ccc(C(C)C)cc1)c1ccncc1F. The highest BCUT2D eigenvalue weighted by Gasteiger charge is 2.15. The van der Waals surface area contributed by atoms with Gasteiger partial charge in [-0.05, 0) is 36.1 Å². The van der Waals surface area contributed by atoms with Crippen LogP contribution in [0.1, 0.15) is 49.4 Å². The van der Waals surface area contributed by atoms with Crippen LogP contribution < -0.4 is 5.32 Å². The molecule has 0 bridgehead atoms. The van der Waals surface area contributed by atoms with E-state index in [0.29, 0.717) is 11.5 Å². The van der Waals surface area contributed by atoms with Gasteiger partial charge >= 0.3 is 0 Å². The fourth-order valence-corrected chi connectivity index (χ4v) is 2.48. The van der Waals surface area contributed by atoms with Gasteiger partial charge in [0.05, 0.1) is 6.20 Å². The molecular weight excluding hydrogens is 263 g/mol. The quantitative estimate of drug-likeness (QED) is 0.859. The van der Waals surface area contributed by atoms with E-state index < -0.39 is 0 Å². The maximum Gasteiger partial charge on any atom is 0.146 e. The highest BCUT2D eigenvalue weighted by atomic mass is 19.1. The zero-order valence-electron chi connectivity index (χ0n) is 12.9. The van der Waals surface area contributed by atoms with Crippen molar-refractivity contribution in [1.29, 1.82) is 0 Å². The van der Waals surface area contributed by atoms with E-state index in [1.54, 1.807) is 12.3 Å². The highest BCUT2D eigenvalue weighted by molar-refractivity contribution is 5.27. The first kappa shape index (κ1) is 15.6. The van der Waals surface area contributed by atoms with E-state index in [0.717, 1.165) is 13.0 Å². The standard InChI is InChI=1S/C18H23FN2/c1-4-21-18(16-9-10-20-12-17(16)19)11-14-5-7-15(8-6-14)13(2)3/h5-10,12-13,18,21H,4,11H2,1-3H3. The molecule has 0 amide bonds. The Morgan fingerprint density at radius 1 is 1.14 bits per heavy atom. The van der Waals surface area contributed by atoms with Crippen molar-refractivity contribution in [3.63, 3.8) is 0 Å². The number of likely N-dealkylation sites (N-methyl/N-ethyl adjacent to an activating group) is 1. The topological polar surface area (TPSA) is 24.9 Å². The van der Waals surface area contributed by atoms with E-state index in [2.05, 4.69) is 48.4 Å². The zero-order valence-corrected chi connectivity index (χ0v) is 12.9. The van der Waals surface area contributed by atoms with Gasteiger partial charge in [0.15, 0.2) is 0 Å². The Kier molecular flexibility index (Phi) is 5.45. The summed E-state index contributed by atoms with van der Waals surface area (Å²) in [6.45, 7) is 7.20. The van der Waals surface area contributed by atoms with Gasteiger partial charge < -0.3 is 5.32 Å². The summed E-state index contributed by atoms with van der Waals surface area (Å²) in [5.41, 5.74) is 3.22. The maximum atomic E-state index is 13.9. The van der Waals surface area contributed by atoms with E-state index in [-0.39, 0.29) is 11.9 Å². The van der Waals surface area contributed by atoms with Crippen molar-refractivity contribution in [3.05, 3.63) is 65.2 Å². The molecule has 0 aliphatic rings. The summed E-state index contributed by atoms with van der Waals surface area (Å²) in [4.78, 5) is 3.82. The van der Waals surface area contributed by atoms with Crippen molar-refractivity contribution < 1.29 is 4.39 Å². The molecule has 0 saturated heterocycles. The Balaban J connectivity index is 2.18. The zero-order chi connectivity index (χ0) is 15.2. The van der Waals surface area contributed by atoms with E-state index in [4.69, 9.17) is 0 Å². The number of hydrogen-bond donors (Lipinski definition) is 1. The molecule has 3 heteroatoms.